The molecule has 0 spiro atoms. The first-order valence-corrected chi connectivity index (χ1v) is 6.98. The molecular formula is C16H16N4O4. The summed E-state index contributed by atoms with van der Waals surface area (Å²) in [6.07, 6.45) is 4.41. The highest BCUT2D eigenvalue weighted by atomic mass is 16.5. The Labute approximate surface area is 138 Å². The SMILES string of the molecule is COc1cccc(/C=N\NC(=O)C(=O)NCc2cccnc2)c1O. The van der Waals surface area contributed by atoms with Crippen LogP contribution in [0.2, 0.25) is 0 Å². The van der Waals surface area contributed by atoms with Crippen molar-refractivity contribution in [3.63, 3.8) is 0 Å². The molecule has 3 N–H and O–H groups in total. The second-order valence-corrected chi connectivity index (χ2v) is 4.64. The third-order valence-corrected chi connectivity index (χ3v) is 3.00. The lowest BCUT2D eigenvalue weighted by molar-refractivity contribution is -0.139. The van der Waals surface area contributed by atoms with Crippen molar-refractivity contribution in [1.29, 1.82) is 0 Å². The Bertz CT molecular complexity index is 747. The molecular weight excluding hydrogens is 312 g/mol. The highest BCUT2D eigenvalue weighted by molar-refractivity contribution is 6.35. The molecule has 2 aromatic rings. The number of carbonyl (C=O) groups is 2. The maximum atomic E-state index is 11.6. The number of aromatic hydroxyl groups is 1. The van der Waals surface area contributed by atoms with Gasteiger partial charge in [-0.1, -0.05) is 12.1 Å². The molecule has 24 heavy (non-hydrogen) atoms. The summed E-state index contributed by atoms with van der Waals surface area (Å²) in [7, 11) is 1.42. The Morgan fingerprint density at radius 3 is 2.83 bits per heavy atom. The number of hydrogen-bond acceptors (Lipinski definition) is 6. The molecule has 0 aliphatic heterocycles. The average Bonchev–Trinajstić information content (AvgIpc) is 2.61. The van der Waals surface area contributed by atoms with E-state index in [1.54, 1.807) is 42.7 Å². The van der Waals surface area contributed by atoms with Gasteiger partial charge in [0, 0.05) is 24.5 Å². The van der Waals surface area contributed by atoms with Crippen LogP contribution < -0.4 is 15.5 Å². The summed E-state index contributed by atoms with van der Waals surface area (Å²) in [6.45, 7) is 0.181. The molecule has 0 aliphatic rings. The summed E-state index contributed by atoms with van der Waals surface area (Å²) in [5.74, 6) is -1.58. The summed E-state index contributed by atoms with van der Waals surface area (Å²) in [4.78, 5) is 27.2. The maximum absolute atomic E-state index is 11.6. The fraction of sp³-hybridized carbons (Fsp3) is 0.125. The van der Waals surface area contributed by atoms with Crippen LogP contribution >= 0.6 is 0 Å². The number of hydrazone groups is 1. The molecule has 1 aromatic heterocycles. The van der Waals surface area contributed by atoms with Crippen molar-refractivity contribution in [1.82, 2.24) is 15.7 Å². The van der Waals surface area contributed by atoms with Crippen molar-refractivity contribution in [3.05, 3.63) is 53.9 Å². The molecule has 124 valence electrons. The van der Waals surface area contributed by atoms with Gasteiger partial charge in [-0.25, -0.2) is 5.43 Å². The van der Waals surface area contributed by atoms with Crippen LogP contribution in [0.1, 0.15) is 11.1 Å². The van der Waals surface area contributed by atoms with Crippen LogP contribution in [0.15, 0.2) is 47.8 Å². The number of pyridine rings is 1. The van der Waals surface area contributed by atoms with Gasteiger partial charge in [0.2, 0.25) is 0 Å². The van der Waals surface area contributed by atoms with Gasteiger partial charge < -0.3 is 15.2 Å². The molecule has 0 saturated carbocycles. The third kappa shape index (κ3) is 4.54. The van der Waals surface area contributed by atoms with Crippen LogP contribution in [0, 0.1) is 0 Å². The largest absolute Gasteiger partial charge is 0.504 e. The quantitative estimate of drug-likeness (QED) is 0.422. The predicted octanol–water partition coefficient (Wildman–Crippen LogP) is 0.562. The summed E-state index contributed by atoms with van der Waals surface area (Å²) < 4.78 is 4.96. The van der Waals surface area contributed by atoms with Crippen LogP contribution in [0.25, 0.3) is 0 Å². The van der Waals surface area contributed by atoms with Crippen LogP contribution in [-0.4, -0.2) is 35.2 Å². The number of carbonyl (C=O) groups excluding carboxylic acids is 2. The highest BCUT2D eigenvalue weighted by Gasteiger charge is 2.12. The van der Waals surface area contributed by atoms with E-state index in [-0.39, 0.29) is 18.0 Å². The highest BCUT2D eigenvalue weighted by Crippen LogP contribution is 2.27. The van der Waals surface area contributed by atoms with Crippen molar-refractivity contribution < 1.29 is 19.4 Å². The summed E-state index contributed by atoms with van der Waals surface area (Å²) in [5, 5.41) is 15.9. The van der Waals surface area contributed by atoms with E-state index in [1.807, 2.05) is 0 Å². The number of hydrogen-bond donors (Lipinski definition) is 3. The molecule has 2 rings (SSSR count). The summed E-state index contributed by atoms with van der Waals surface area (Å²) >= 11 is 0. The minimum Gasteiger partial charge on any atom is -0.504 e. The van der Waals surface area contributed by atoms with E-state index in [2.05, 4.69) is 20.8 Å². The first kappa shape index (κ1) is 16.9. The lowest BCUT2D eigenvalue weighted by Gasteiger charge is -2.05. The second kappa shape index (κ2) is 8.28. The van der Waals surface area contributed by atoms with Gasteiger partial charge in [0.15, 0.2) is 11.5 Å². The normalized spacial score (nSPS) is 10.4. The van der Waals surface area contributed by atoms with E-state index >= 15 is 0 Å². The van der Waals surface area contributed by atoms with Gasteiger partial charge in [-0.3, -0.25) is 14.6 Å². The third-order valence-electron chi connectivity index (χ3n) is 3.00. The molecule has 0 radical (unpaired) electrons. The maximum Gasteiger partial charge on any atom is 0.329 e. The van der Waals surface area contributed by atoms with Gasteiger partial charge in [0.05, 0.1) is 13.3 Å². The molecule has 1 aromatic carbocycles. The minimum absolute atomic E-state index is 0.112. The minimum atomic E-state index is -0.919. The van der Waals surface area contributed by atoms with Crippen LogP contribution in [0.5, 0.6) is 11.5 Å². The number of phenols is 1. The zero-order chi connectivity index (χ0) is 17.4. The number of aromatic nitrogens is 1. The van der Waals surface area contributed by atoms with Gasteiger partial charge in [-0.15, -0.1) is 0 Å². The molecule has 1 heterocycles. The van der Waals surface area contributed by atoms with E-state index in [0.29, 0.717) is 5.56 Å². The number of para-hydroxylation sites is 1. The Morgan fingerprint density at radius 1 is 1.29 bits per heavy atom. The number of methoxy groups -OCH3 is 1. The Morgan fingerprint density at radius 2 is 2.12 bits per heavy atom. The molecule has 8 heteroatoms. The molecule has 0 unspecified atom stereocenters. The summed E-state index contributed by atoms with van der Waals surface area (Å²) in [5.41, 5.74) is 3.19. The fourth-order valence-electron chi connectivity index (χ4n) is 1.78. The topological polar surface area (TPSA) is 113 Å². The Balaban J connectivity index is 1.87. The number of nitrogens with zero attached hydrogens (tertiary/aromatic N) is 2. The molecule has 0 saturated heterocycles. The number of benzene rings is 1. The van der Waals surface area contributed by atoms with Gasteiger partial charge in [-0.05, 0) is 23.8 Å². The van der Waals surface area contributed by atoms with Gasteiger partial charge >= 0.3 is 11.8 Å². The van der Waals surface area contributed by atoms with E-state index in [9.17, 15) is 14.7 Å². The standard InChI is InChI=1S/C16H16N4O4/c1-24-13-6-2-5-12(14(13)21)10-19-20-16(23)15(22)18-9-11-4-3-7-17-8-11/h2-8,10,21H,9H2,1H3,(H,18,22)(H,20,23)/b19-10-. The zero-order valence-electron chi connectivity index (χ0n) is 12.9. The van der Waals surface area contributed by atoms with Crippen molar-refractivity contribution in [2.24, 2.45) is 5.10 Å². The lowest BCUT2D eigenvalue weighted by Crippen LogP contribution is -2.37. The second-order valence-electron chi connectivity index (χ2n) is 4.64. The Kier molecular flexibility index (Phi) is 5.84. The average molecular weight is 328 g/mol. The molecule has 2 amide bonds. The Hall–Kier alpha value is -3.42. The molecule has 0 fully saturated rings. The van der Waals surface area contributed by atoms with E-state index in [4.69, 9.17) is 4.74 Å². The van der Waals surface area contributed by atoms with Crippen LogP contribution in [0.3, 0.4) is 0 Å². The van der Waals surface area contributed by atoms with E-state index in [1.165, 1.54) is 13.3 Å². The van der Waals surface area contributed by atoms with E-state index in [0.717, 1.165) is 5.56 Å². The number of amides is 2. The number of nitrogens with one attached hydrogen (secondary N) is 2. The van der Waals surface area contributed by atoms with E-state index < -0.39 is 11.8 Å². The number of phenolic OH excluding ortho intramolecular Hbond substituents is 1. The summed E-state index contributed by atoms with van der Waals surface area (Å²) in [6, 6.07) is 8.32. The number of ether oxygens (including phenoxy) is 1. The van der Waals surface area contributed by atoms with Gasteiger partial charge in [0.1, 0.15) is 0 Å². The first-order chi connectivity index (χ1) is 11.6. The van der Waals surface area contributed by atoms with Crippen LogP contribution in [-0.2, 0) is 16.1 Å². The molecule has 8 nitrogen and oxygen atoms in total. The van der Waals surface area contributed by atoms with Crippen molar-refractivity contribution in [2.45, 2.75) is 6.54 Å². The number of rotatable bonds is 5. The van der Waals surface area contributed by atoms with Crippen molar-refractivity contribution >= 4 is 18.0 Å². The van der Waals surface area contributed by atoms with Gasteiger partial charge in [-0.2, -0.15) is 5.10 Å². The van der Waals surface area contributed by atoms with Crippen molar-refractivity contribution in [2.75, 3.05) is 7.11 Å². The smallest absolute Gasteiger partial charge is 0.329 e. The zero-order valence-corrected chi connectivity index (χ0v) is 12.9. The monoisotopic (exact) mass is 328 g/mol. The molecule has 0 bridgehead atoms. The first-order valence-electron chi connectivity index (χ1n) is 6.98. The molecule has 0 aliphatic carbocycles. The fourth-order valence-corrected chi connectivity index (χ4v) is 1.78. The van der Waals surface area contributed by atoms with Crippen molar-refractivity contribution in [3.8, 4) is 11.5 Å². The molecule has 0 atom stereocenters. The van der Waals surface area contributed by atoms with Gasteiger partial charge in [0.25, 0.3) is 0 Å². The van der Waals surface area contributed by atoms with Crippen LogP contribution in [0.4, 0.5) is 0 Å². The predicted molar refractivity (Wildman–Crippen MR) is 86.5 cm³/mol. The lowest BCUT2D eigenvalue weighted by atomic mass is 10.2.